The van der Waals surface area contributed by atoms with Crippen molar-refractivity contribution in [1.29, 1.82) is 0 Å². The van der Waals surface area contributed by atoms with Crippen LogP contribution in [-0.4, -0.2) is 52.2 Å². The van der Waals surface area contributed by atoms with Gasteiger partial charge in [0.1, 0.15) is 0 Å². The molecule has 0 bridgehead atoms. The van der Waals surface area contributed by atoms with E-state index in [1.54, 1.807) is 22.1 Å². The number of carbonyl (C=O) groups is 2. The van der Waals surface area contributed by atoms with Crippen LogP contribution in [0, 0.1) is 0 Å². The van der Waals surface area contributed by atoms with Crippen molar-refractivity contribution in [1.82, 2.24) is 15.0 Å². The van der Waals surface area contributed by atoms with E-state index in [2.05, 4.69) is 23.3 Å². The minimum absolute atomic E-state index is 1.07. The number of carboxylic acid groups (broad SMARTS) is 2. The molecule has 1 aliphatic heterocycles. The summed E-state index contributed by atoms with van der Waals surface area (Å²) >= 11 is 0. The summed E-state index contributed by atoms with van der Waals surface area (Å²) in [4.78, 5) is 21.3. The number of rotatable bonds is 1. The van der Waals surface area contributed by atoms with Gasteiger partial charge in [-0.05, 0) is 6.08 Å². The highest BCUT2D eigenvalue weighted by molar-refractivity contribution is 6.26. The number of hydrogen-bond donors (Lipinski definition) is 2. The second-order valence-electron chi connectivity index (χ2n) is 3.77. The molecule has 8 nitrogen and oxygen atoms in total. The summed E-state index contributed by atoms with van der Waals surface area (Å²) < 4.78 is 0. The zero-order valence-electron chi connectivity index (χ0n) is 9.87. The first-order chi connectivity index (χ1) is 8.50. The molecule has 0 aliphatic carbocycles. The van der Waals surface area contributed by atoms with Gasteiger partial charge in [-0.1, -0.05) is 0 Å². The third-order valence-electron chi connectivity index (χ3n) is 2.34. The average Bonchev–Trinajstić information content (AvgIpc) is 2.84. The molecular weight excluding hydrogens is 240 g/mol. The molecule has 1 aromatic rings. The number of quaternary nitrogens is 1. The Labute approximate surface area is 103 Å². The Balaban J connectivity index is 0.000000232. The molecule has 0 spiro atoms. The van der Waals surface area contributed by atoms with Gasteiger partial charge in [-0.25, -0.2) is 4.79 Å². The van der Waals surface area contributed by atoms with E-state index in [-0.39, 0.29) is 0 Å². The molecule has 2 N–H and O–H groups in total. The Morgan fingerprint density at radius 3 is 2.39 bits per heavy atom. The first-order valence-corrected chi connectivity index (χ1v) is 5.32. The topological polar surface area (TPSA) is 113 Å². The van der Waals surface area contributed by atoms with Crippen molar-refractivity contribution >= 4 is 17.6 Å². The molecule has 1 unspecified atom stereocenters. The molecule has 0 aromatic carbocycles. The number of likely N-dealkylation sites (N-methyl/N-ethyl adjacent to an activating group) is 1. The van der Waals surface area contributed by atoms with Crippen molar-refractivity contribution < 1.29 is 24.7 Å². The summed E-state index contributed by atoms with van der Waals surface area (Å²) in [6, 6.07) is 0. The van der Waals surface area contributed by atoms with Gasteiger partial charge in [-0.15, -0.1) is 0 Å². The Bertz CT molecular complexity index is 429. The van der Waals surface area contributed by atoms with Crippen LogP contribution in [0.1, 0.15) is 6.42 Å². The van der Waals surface area contributed by atoms with Gasteiger partial charge in [0.05, 0.1) is 38.2 Å². The van der Waals surface area contributed by atoms with Gasteiger partial charge in [0, 0.05) is 6.42 Å². The number of nitrogens with zero attached hydrogens (tertiary/aromatic N) is 3. The predicted molar refractivity (Wildman–Crippen MR) is 58.2 cm³/mol. The maximum Gasteiger partial charge on any atom is 0.351 e. The Morgan fingerprint density at radius 2 is 2.00 bits per heavy atom. The van der Waals surface area contributed by atoms with Crippen molar-refractivity contribution in [2.45, 2.75) is 6.42 Å². The maximum atomic E-state index is 9.04. The first kappa shape index (κ1) is 13.8. The van der Waals surface area contributed by atoms with E-state index in [9.17, 15) is 0 Å². The van der Waals surface area contributed by atoms with Crippen LogP contribution in [0.5, 0.6) is 0 Å². The fourth-order valence-corrected chi connectivity index (χ4v) is 1.38. The van der Waals surface area contributed by atoms with Gasteiger partial charge < -0.3 is 19.9 Å². The highest BCUT2D eigenvalue weighted by atomic mass is 16.4. The maximum absolute atomic E-state index is 9.04. The van der Waals surface area contributed by atoms with Crippen molar-refractivity contribution in [2.75, 3.05) is 20.1 Å². The summed E-state index contributed by atoms with van der Waals surface area (Å²) in [5, 5.41) is 24.5. The molecule has 1 atom stereocenters. The van der Waals surface area contributed by atoms with Crippen molar-refractivity contribution in [3.8, 4) is 0 Å². The molecule has 2 rings (SSSR count). The normalized spacial score (nSPS) is 18.3. The van der Waals surface area contributed by atoms with Crippen LogP contribution in [0.3, 0.4) is 0 Å². The molecule has 98 valence electrons. The van der Waals surface area contributed by atoms with Gasteiger partial charge in [0.25, 0.3) is 0 Å². The monoisotopic (exact) mass is 254 g/mol. The lowest BCUT2D eigenvalue weighted by atomic mass is 10.2. The fraction of sp³-hybridized carbons (Fsp3) is 0.400. The van der Waals surface area contributed by atoms with Crippen LogP contribution >= 0.6 is 0 Å². The van der Waals surface area contributed by atoms with Crippen LogP contribution in [-0.2, 0) is 9.59 Å². The predicted octanol–water partition coefficient (Wildman–Crippen LogP) is -3.14. The molecule has 1 aliphatic rings. The molecule has 0 amide bonds. The third kappa shape index (κ3) is 4.34. The van der Waals surface area contributed by atoms with Crippen LogP contribution in [0.25, 0.3) is 5.70 Å². The summed E-state index contributed by atoms with van der Waals surface area (Å²) in [5.41, 5.74) is 1.23. The van der Waals surface area contributed by atoms with Gasteiger partial charge in [0.15, 0.2) is 5.97 Å². The van der Waals surface area contributed by atoms with Gasteiger partial charge in [0.2, 0.25) is 0 Å². The van der Waals surface area contributed by atoms with E-state index in [0.29, 0.717) is 0 Å². The molecule has 8 heteroatoms. The molecule has 0 saturated carbocycles. The SMILES string of the molecule is C[NH+]1CC=C(n2nccn2)CC1.O=C([O-])C(=O)O. The second kappa shape index (κ2) is 6.50. The van der Waals surface area contributed by atoms with Crippen molar-refractivity contribution in [2.24, 2.45) is 0 Å². The average molecular weight is 254 g/mol. The van der Waals surface area contributed by atoms with Crippen LogP contribution in [0.2, 0.25) is 0 Å². The van der Waals surface area contributed by atoms with Crippen LogP contribution in [0.15, 0.2) is 18.5 Å². The standard InChI is InChI=1S/C8H12N4.C2H2O4/c1-11-6-2-8(3-7-11)12-9-4-5-10-12;3-1(4)2(5)6/h2,4-5H,3,6-7H2,1H3;(H,3,4)(H,5,6). The lowest BCUT2D eigenvalue weighted by molar-refractivity contribution is -0.874. The zero-order valence-corrected chi connectivity index (χ0v) is 9.87. The third-order valence-corrected chi connectivity index (χ3v) is 2.34. The summed E-state index contributed by atoms with van der Waals surface area (Å²) in [7, 11) is 2.20. The number of aromatic nitrogens is 3. The fourth-order valence-electron chi connectivity index (χ4n) is 1.38. The lowest BCUT2D eigenvalue weighted by Gasteiger charge is -2.18. The van der Waals surface area contributed by atoms with E-state index >= 15 is 0 Å². The molecular formula is C10H14N4O4. The molecule has 1 aromatic heterocycles. The quantitative estimate of drug-likeness (QED) is 0.512. The summed E-state index contributed by atoms with van der Waals surface area (Å²) in [5.74, 6) is -4.01. The molecule has 0 fully saturated rings. The Morgan fingerprint density at radius 1 is 1.44 bits per heavy atom. The van der Waals surface area contributed by atoms with Gasteiger partial charge in [-0.2, -0.15) is 15.0 Å². The molecule has 18 heavy (non-hydrogen) atoms. The summed E-state index contributed by atoms with van der Waals surface area (Å²) in [6.45, 7) is 2.25. The van der Waals surface area contributed by atoms with Crippen molar-refractivity contribution in [3.05, 3.63) is 18.5 Å². The minimum atomic E-state index is -2.07. The van der Waals surface area contributed by atoms with E-state index in [0.717, 1.165) is 13.0 Å². The van der Waals surface area contributed by atoms with E-state index < -0.39 is 11.9 Å². The second-order valence-corrected chi connectivity index (χ2v) is 3.77. The van der Waals surface area contributed by atoms with Gasteiger partial charge >= 0.3 is 5.97 Å². The van der Waals surface area contributed by atoms with Gasteiger partial charge in [-0.3, -0.25) is 0 Å². The highest BCUT2D eigenvalue weighted by Crippen LogP contribution is 2.05. The largest absolute Gasteiger partial charge is 0.539 e. The first-order valence-electron chi connectivity index (χ1n) is 5.32. The smallest absolute Gasteiger partial charge is 0.351 e. The molecule has 0 radical (unpaired) electrons. The van der Waals surface area contributed by atoms with Crippen molar-refractivity contribution in [3.63, 3.8) is 0 Å². The summed E-state index contributed by atoms with van der Waals surface area (Å²) in [6.07, 6.45) is 6.71. The number of nitrogens with one attached hydrogen (secondary N) is 1. The van der Waals surface area contributed by atoms with Crippen LogP contribution in [0.4, 0.5) is 0 Å². The lowest BCUT2D eigenvalue weighted by Crippen LogP contribution is -3.09. The van der Waals surface area contributed by atoms with E-state index in [1.807, 2.05) is 0 Å². The number of carbonyl (C=O) groups excluding carboxylic acids is 1. The number of aliphatic carboxylic acids is 2. The number of hydrogen-bond acceptors (Lipinski definition) is 5. The Hall–Kier alpha value is -2.22. The Kier molecular flexibility index (Phi) is 5.00. The van der Waals surface area contributed by atoms with Crippen LogP contribution < -0.4 is 10.0 Å². The number of carboxylic acids is 2. The molecule has 2 heterocycles. The highest BCUT2D eigenvalue weighted by Gasteiger charge is 2.12. The minimum Gasteiger partial charge on any atom is -0.539 e. The zero-order chi connectivity index (χ0) is 13.5. The van der Waals surface area contributed by atoms with E-state index in [4.69, 9.17) is 19.8 Å². The molecule has 0 saturated heterocycles. The van der Waals surface area contributed by atoms with E-state index in [1.165, 1.54) is 12.2 Å².